The van der Waals surface area contributed by atoms with E-state index in [2.05, 4.69) is 22.5 Å². The highest BCUT2D eigenvalue weighted by Crippen LogP contribution is 2.29. The van der Waals surface area contributed by atoms with E-state index in [1.807, 2.05) is 47.2 Å². The summed E-state index contributed by atoms with van der Waals surface area (Å²) in [5.74, 6) is 1.03. The van der Waals surface area contributed by atoms with E-state index in [-0.39, 0.29) is 12.5 Å². The minimum atomic E-state index is -0.401. The number of hydrogen-bond acceptors (Lipinski definition) is 8. The van der Waals surface area contributed by atoms with Crippen molar-refractivity contribution >= 4 is 39.6 Å². The van der Waals surface area contributed by atoms with Gasteiger partial charge in [-0.15, -0.1) is 0 Å². The lowest BCUT2D eigenvalue weighted by atomic mass is 10.1. The van der Waals surface area contributed by atoms with Crippen LogP contribution < -0.4 is 5.73 Å². The van der Waals surface area contributed by atoms with Crippen molar-refractivity contribution in [3.05, 3.63) is 65.5 Å². The van der Waals surface area contributed by atoms with Crippen LogP contribution in [0, 0.1) is 0 Å². The number of anilines is 1. The number of nitrogen functional groups attached to an aromatic ring is 1. The zero-order chi connectivity index (χ0) is 30.1. The van der Waals surface area contributed by atoms with E-state index in [4.69, 9.17) is 20.2 Å². The molecule has 0 radical (unpaired) electrons. The molecule has 4 aromatic rings. The second-order valence-electron chi connectivity index (χ2n) is 10.6. The van der Waals surface area contributed by atoms with Crippen LogP contribution >= 0.6 is 0 Å². The average Bonchev–Trinajstić information content (AvgIpc) is 3.37. The number of aryl methyl sites for hydroxylation is 2. The van der Waals surface area contributed by atoms with Crippen molar-refractivity contribution in [3.63, 3.8) is 0 Å². The predicted octanol–water partition coefficient (Wildman–Crippen LogP) is 4.29. The molecule has 10 heteroatoms. The Morgan fingerprint density at radius 2 is 1.83 bits per heavy atom. The van der Waals surface area contributed by atoms with Crippen LogP contribution in [0.15, 0.2) is 48.5 Å². The number of aromatic nitrogens is 3. The fourth-order valence-electron chi connectivity index (χ4n) is 5.18. The van der Waals surface area contributed by atoms with E-state index in [0.29, 0.717) is 50.6 Å². The smallest absolute Gasteiger partial charge is 0.337 e. The predicted molar refractivity (Wildman–Crippen MR) is 165 cm³/mol. The summed E-state index contributed by atoms with van der Waals surface area (Å²) in [6.45, 7) is 5.22. The maximum atomic E-state index is 13.5. The van der Waals surface area contributed by atoms with Crippen molar-refractivity contribution in [2.24, 2.45) is 0 Å². The summed E-state index contributed by atoms with van der Waals surface area (Å²) in [4.78, 5) is 39.0. The third-order valence-corrected chi connectivity index (χ3v) is 7.41. The minimum absolute atomic E-state index is 0.0117. The number of esters is 1. The number of benzene rings is 2. The zero-order valence-electron chi connectivity index (χ0n) is 25.1. The molecule has 0 bridgehead atoms. The summed E-state index contributed by atoms with van der Waals surface area (Å²) in [6.07, 6.45) is 3.63. The SMILES string of the molecule is CCCCc1nc2c(N)nc3ccccc3c2n1CCCN(Cc1cccc(C(=O)OC)c1)C(=O)CN(C)CCOC. The van der Waals surface area contributed by atoms with Crippen molar-refractivity contribution in [2.75, 3.05) is 53.2 Å². The van der Waals surface area contributed by atoms with Crippen molar-refractivity contribution < 1.29 is 19.1 Å². The summed E-state index contributed by atoms with van der Waals surface area (Å²) in [5, 5.41) is 1.02. The number of para-hydroxylation sites is 1. The highest BCUT2D eigenvalue weighted by atomic mass is 16.5. The molecule has 0 aliphatic carbocycles. The van der Waals surface area contributed by atoms with Gasteiger partial charge < -0.3 is 24.7 Å². The van der Waals surface area contributed by atoms with Crippen molar-refractivity contribution in [2.45, 2.75) is 45.7 Å². The molecular formula is C32H42N6O4. The van der Waals surface area contributed by atoms with E-state index in [0.717, 1.165) is 52.6 Å². The van der Waals surface area contributed by atoms with Gasteiger partial charge in [0.15, 0.2) is 5.82 Å². The Morgan fingerprint density at radius 3 is 2.60 bits per heavy atom. The molecular weight excluding hydrogens is 532 g/mol. The van der Waals surface area contributed by atoms with Gasteiger partial charge in [-0.25, -0.2) is 14.8 Å². The van der Waals surface area contributed by atoms with Crippen LogP contribution in [0.5, 0.6) is 0 Å². The topological polar surface area (TPSA) is 116 Å². The first-order valence-electron chi connectivity index (χ1n) is 14.5. The van der Waals surface area contributed by atoms with Gasteiger partial charge in [0.25, 0.3) is 0 Å². The number of nitrogens with zero attached hydrogens (tertiary/aromatic N) is 5. The Balaban J connectivity index is 1.60. The number of amides is 1. The molecule has 2 aromatic carbocycles. The van der Waals surface area contributed by atoms with Crippen molar-refractivity contribution in [3.8, 4) is 0 Å². The fourth-order valence-corrected chi connectivity index (χ4v) is 5.18. The van der Waals surface area contributed by atoms with E-state index in [1.54, 1.807) is 19.2 Å². The molecule has 42 heavy (non-hydrogen) atoms. The molecule has 0 spiro atoms. The molecule has 0 aliphatic rings. The monoisotopic (exact) mass is 574 g/mol. The number of pyridine rings is 1. The van der Waals surface area contributed by atoms with Crippen molar-refractivity contribution in [1.82, 2.24) is 24.3 Å². The van der Waals surface area contributed by atoms with Gasteiger partial charge in [0.2, 0.25) is 5.91 Å². The number of methoxy groups -OCH3 is 2. The van der Waals surface area contributed by atoms with Gasteiger partial charge in [-0.3, -0.25) is 9.69 Å². The molecule has 0 unspecified atom stereocenters. The molecule has 0 saturated carbocycles. The maximum Gasteiger partial charge on any atom is 0.337 e. The molecule has 4 rings (SSSR count). The number of carbonyl (C=O) groups is 2. The number of ether oxygens (including phenoxy) is 2. The van der Waals surface area contributed by atoms with E-state index < -0.39 is 5.97 Å². The molecule has 2 N–H and O–H groups in total. The molecule has 0 aliphatic heterocycles. The summed E-state index contributed by atoms with van der Waals surface area (Å²) in [7, 11) is 4.92. The second-order valence-corrected chi connectivity index (χ2v) is 10.6. The van der Waals surface area contributed by atoms with Gasteiger partial charge >= 0.3 is 5.97 Å². The van der Waals surface area contributed by atoms with Gasteiger partial charge in [0, 0.05) is 45.1 Å². The quantitative estimate of drug-likeness (QED) is 0.209. The van der Waals surface area contributed by atoms with Gasteiger partial charge in [-0.1, -0.05) is 43.7 Å². The lowest BCUT2D eigenvalue weighted by molar-refractivity contribution is -0.133. The Labute approximate surface area is 247 Å². The lowest BCUT2D eigenvalue weighted by Gasteiger charge is -2.26. The first-order chi connectivity index (χ1) is 20.4. The molecule has 224 valence electrons. The van der Waals surface area contributed by atoms with Crippen LogP contribution in [0.2, 0.25) is 0 Å². The molecule has 0 fully saturated rings. The first-order valence-corrected chi connectivity index (χ1v) is 14.5. The summed E-state index contributed by atoms with van der Waals surface area (Å²) < 4.78 is 12.3. The number of rotatable bonds is 15. The first kappa shape index (κ1) is 30.9. The zero-order valence-corrected chi connectivity index (χ0v) is 25.1. The maximum absolute atomic E-state index is 13.5. The molecule has 1 amide bonds. The van der Waals surface area contributed by atoms with E-state index >= 15 is 0 Å². The number of hydrogen-bond donors (Lipinski definition) is 1. The van der Waals surface area contributed by atoms with Crippen LogP contribution in [-0.2, 0) is 33.8 Å². The fraction of sp³-hybridized carbons (Fsp3) is 0.438. The van der Waals surface area contributed by atoms with Gasteiger partial charge in [-0.05, 0) is 43.7 Å². The Kier molecular flexibility index (Phi) is 10.9. The number of imidazole rings is 1. The molecule has 0 saturated heterocycles. The van der Waals surface area contributed by atoms with E-state index in [1.165, 1.54) is 7.11 Å². The van der Waals surface area contributed by atoms with Crippen LogP contribution in [0.25, 0.3) is 21.9 Å². The largest absolute Gasteiger partial charge is 0.465 e. The number of unbranched alkanes of at least 4 members (excludes halogenated alkanes) is 1. The van der Waals surface area contributed by atoms with Crippen LogP contribution in [0.1, 0.15) is 47.9 Å². The molecule has 2 heterocycles. The third kappa shape index (κ3) is 7.43. The highest BCUT2D eigenvalue weighted by molar-refractivity contribution is 6.06. The standard InChI is InChI=1S/C32H42N6O4/c1-5-6-15-27-35-29-30(25-13-7-8-14-26(25)34-31(29)33)38(27)17-10-16-37(28(39)22-36(2)18-19-41-3)21-23-11-9-12-24(20-23)32(40)42-4/h7-9,11-14,20H,5-6,10,15-19,21-22H2,1-4H3,(H2,33,34). The van der Waals surface area contributed by atoms with Gasteiger partial charge in [-0.2, -0.15) is 0 Å². The highest BCUT2D eigenvalue weighted by Gasteiger charge is 2.20. The van der Waals surface area contributed by atoms with E-state index in [9.17, 15) is 9.59 Å². The number of carbonyl (C=O) groups excluding carboxylic acids is 2. The summed E-state index contributed by atoms with van der Waals surface area (Å²) in [5.41, 5.74) is 10.3. The van der Waals surface area contributed by atoms with Crippen LogP contribution in [-0.4, -0.2) is 83.7 Å². The molecule has 0 atom stereocenters. The van der Waals surface area contributed by atoms with Gasteiger partial charge in [0.05, 0.1) is 36.9 Å². The summed E-state index contributed by atoms with van der Waals surface area (Å²) in [6, 6.07) is 15.2. The van der Waals surface area contributed by atoms with Crippen molar-refractivity contribution in [1.29, 1.82) is 0 Å². The number of likely N-dealkylation sites (N-methyl/N-ethyl adjacent to an activating group) is 1. The Hall–Kier alpha value is -4.02. The minimum Gasteiger partial charge on any atom is -0.465 e. The van der Waals surface area contributed by atoms with Gasteiger partial charge in [0.1, 0.15) is 11.3 Å². The number of fused-ring (bicyclic) bond motifs is 3. The lowest BCUT2D eigenvalue weighted by Crippen LogP contribution is -2.40. The molecule has 2 aromatic heterocycles. The Bertz CT molecular complexity index is 1520. The third-order valence-electron chi connectivity index (χ3n) is 7.41. The Morgan fingerprint density at radius 1 is 1.02 bits per heavy atom. The van der Waals surface area contributed by atoms with Crippen LogP contribution in [0.3, 0.4) is 0 Å². The average molecular weight is 575 g/mol. The molecule has 10 nitrogen and oxygen atoms in total. The van der Waals surface area contributed by atoms with Crippen LogP contribution in [0.4, 0.5) is 5.82 Å². The normalized spacial score (nSPS) is 11.5. The summed E-state index contributed by atoms with van der Waals surface area (Å²) >= 11 is 0. The second kappa shape index (κ2) is 14.7. The number of nitrogens with two attached hydrogens (primary N) is 1.